The number of rotatable bonds is 3. The van der Waals surface area contributed by atoms with E-state index in [1.807, 2.05) is 4.90 Å². The van der Waals surface area contributed by atoms with E-state index in [0.29, 0.717) is 5.69 Å². The molecule has 25 heavy (non-hydrogen) atoms. The van der Waals surface area contributed by atoms with E-state index >= 15 is 0 Å². The van der Waals surface area contributed by atoms with E-state index in [0.717, 1.165) is 51.9 Å². The van der Waals surface area contributed by atoms with Crippen LogP contribution >= 0.6 is 0 Å². The molecule has 136 valence electrons. The highest BCUT2D eigenvalue weighted by molar-refractivity contribution is 5.92. The summed E-state index contributed by atoms with van der Waals surface area (Å²) < 4.78 is 12.9. The van der Waals surface area contributed by atoms with Crippen molar-refractivity contribution in [2.45, 2.75) is 25.7 Å². The van der Waals surface area contributed by atoms with E-state index in [9.17, 15) is 14.0 Å². The minimum absolute atomic E-state index is 0.0305. The first-order valence-corrected chi connectivity index (χ1v) is 9.06. The zero-order valence-corrected chi connectivity index (χ0v) is 14.7. The molecule has 5 nitrogen and oxygen atoms in total. The Morgan fingerprint density at radius 2 is 1.52 bits per heavy atom. The van der Waals surface area contributed by atoms with Crippen LogP contribution < -0.4 is 5.32 Å². The topological polar surface area (TPSA) is 52.7 Å². The van der Waals surface area contributed by atoms with Crippen molar-refractivity contribution in [3.8, 4) is 0 Å². The van der Waals surface area contributed by atoms with Crippen molar-refractivity contribution < 1.29 is 14.0 Å². The van der Waals surface area contributed by atoms with Gasteiger partial charge in [-0.05, 0) is 57.0 Å². The Labute approximate surface area is 148 Å². The lowest BCUT2D eigenvalue weighted by Crippen LogP contribution is -2.49. The van der Waals surface area contributed by atoms with E-state index in [1.54, 1.807) is 12.1 Å². The number of anilines is 1. The van der Waals surface area contributed by atoms with Gasteiger partial charge in [-0.1, -0.05) is 0 Å². The smallest absolute Gasteiger partial charge is 0.227 e. The van der Waals surface area contributed by atoms with Gasteiger partial charge in [-0.25, -0.2) is 4.39 Å². The maximum atomic E-state index is 12.9. The number of benzene rings is 1. The predicted molar refractivity (Wildman–Crippen MR) is 94.6 cm³/mol. The van der Waals surface area contributed by atoms with Gasteiger partial charge in [0.2, 0.25) is 11.8 Å². The second kappa shape index (κ2) is 7.95. The maximum Gasteiger partial charge on any atom is 0.227 e. The summed E-state index contributed by atoms with van der Waals surface area (Å²) in [5.41, 5.74) is 0.613. The van der Waals surface area contributed by atoms with E-state index < -0.39 is 0 Å². The predicted octanol–water partition coefficient (Wildman–Crippen LogP) is 2.34. The molecule has 0 aromatic heterocycles. The lowest BCUT2D eigenvalue weighted by Gasteiger charge is -2.36. The molecule has 1 saturated carbocycles. The number of halogens is 1. The molecule has 2 fully saturated rings. The fraction of sp³-hybridized carbons (Fsp3) is 0.579. The van der Waals surface area contributed by atoms with Gasteiger partial charge in [-0.2, -0.15) is 0 Å². The Balaban J connectivity index is 1.47. The third-order valence-corrected chi connectivity index (χ3v) is 5.37. The minimum atomic E-state index is -0.319. The summed E-state index contributed by atoms with van der Waals surface area (Å²) in [6.07, 6.45) is 3.01. The van der Waals surface area contributed by atoms with Crippen LogP contribution in [-0.2, 0) is 9.59 Å². The molecule has 1 aliphatic heterocycles. The summed E-state index contributed by atoms with van der Waals surface area (Å²) in [5.74, 6) is -0.108. The van der Waals surface area contributed by atoms with E-state index in [-0.39, 0.29) is 29.5 Å². The van der Waals surface area contributed by atoms with Crippen molar-refractivity contribution in [1.29, 1.82) is 0 Å². The molecule has 1 saturated heterocycles. The summed E-state index contributed by atoms with van der Waals surface area (Å²) in [6.45, 7) is 3.48. The van der Waals surface area contributed by atoms with Crippen LogP contribution in [0.2, 0.25) is 0 Å². The molecular weight excluding hydrogens is 321 g/mol. The molecule has 0 atom stereocenters. The van der Waals surface area contributed by atoms with Crippen molar-refractivity contribution in [2.75, 3.05) is 38.5 Å². The molecule has 1 heterocycles. The molecule has 0 radical (unpaired) electrons. The van der Waals surface area contributed by atoms with Crippen molar-refractivity contribution in [2.24, 2.45) is 11.8 Å². The average molecular weight is 347 g/mol. The molecule has 2 aliphatic rings. The molecule has 2 amide bonds. The van der Waals surface area contributed by atoms with Gasteiger partial charge >= 0.3 is 0 Å². The number of carbonyl (C=O) groups excluding carboxylic acids is 2. The first kappa shape index (κ1) is 17.9. The summed E-state index contributed by atoms with van der Waals surface area (Å²) in [5, 5.41) is 2.84. The van der Waals surface area contributed by atoms with Crippen LogP contribution in [0, 0.1) is 17.7 Å². The number of hydrogen-bond donors (Lipinski definition) is 1. The molecule has 6 heteroatoms. The van der Waals surface area contributed by atoms with Gasteiger partial charge in [0.1, 0.15) is 5.82 Å². The number of nitrogens with zero attached hydrogens (tertiary/aromatic N) is 2. The normalized spacial score (nSPS) is 24.8. The Bertz CT molecular complexity index is 604. The summed E-state index contributed by atoms with van der Waals surface area (Å²) in [4.78, 5) is 29.2. The van der Waals surface area contributed by atoms with Crippen LogP contribution in [0.15, 0.2) is 24.3 Å². The Morgan fingerprint density at radius 1 is 0.960 bits per heavy atom. The fourth-order valence-electron chi connectivity index (χ4n) is 3.67. The number of likely N-dealkylation sites (N-methyl/N-ethyl adjacent to an activating group) is 1. The highest BCUT2D eigenvalue weighted by atomic mass is 19.1. The highest BCUT2D eigenvalue weighted by Gasteiger charge is 2.32. The van der Waals surface area contributed by atoms with Crippen molar-refractivity contribution in [1.82, 2.24) is 9.80 Å². The van der Waals surface area contributed by atoms with Gasteiger partial charge in [0, 0.05) is 43.7 Å². The number of amides is 2. The Morgan fingerprint density at radius 3 is 2.12 bits per heavy atom. The second-order valence-corrected chi connectivity index (χ2v) is 7.17. The number of carbonyl (C=O) groups is 2. The molecule has 3 rings (SSSR count). The zero-order valence-electron chi connectivity index (χ0n) is 14.7. The number of hydrogen-bond acceptors (Lipinski definition) is 3. The Kier molecular flexibility index (Phi) is 5.68. The van der Waals surface area contributed by atoms with E-state index in [2.05, 4.69) is 17.3 Å². The zero-order chi connectivity index (χ0) is 17.8. The molecule has 1 aliphatic carbocycles. The quantitative estimate of drug-likeness (QED) is 0.913. The second-order valence-electron chi connectivity index (χ2n) is 7.17. The van der Waals surface area contributed by atoms with Crippen molar-refractivity contribution >= 4 is 17.5 Å². The largest absolute Gasteiger partial charge is 0.340 e. The van der Waals surface area contributed by atoms with Gasteiger partial charge in [0.05, 0.1) is 0 Å². The van der Waals surface area contributed by atoms with Gasteiger partial charge in [0.25, 0.3) is 0 Å². The first-order valence-electron chi connectivity index (χ1n) is 9.06. The third kappa shape index (κ3) is 4.57. The number of nitrogens with one attached hydrogen (secondary N) is 1. The number of piperazine rings is 1. The molecule has 0 unspecified atom stereocenters. The molecule has 0 bridgehead atoms. The summed E-state index contributed by atoms with van der Waals surface area (Å²) >= 11 is 0. The van der Waals surface area contributed by atoms with Crippen LogP contribution in [-0.4, -0.2) is 54.8 Å². The minimum Gasteiger partial charge on any atom is -0.340 e. The first-order chi connectivity index (χ1) is 12.0. The van der Waals surface area contributed by atoms with E-state index in [1.165, 1.54) is 12.1 Å². The van der Waals surface area contributed by atoms with Crippen LogP contribution in [0.25, 0.3) is 0 Å². The monoisotopic (exact) mass is 347 g/mol. The lowest BCUT2D eigenvalue weighted by molar-refractivity contribution is -0.139. The van der Waals surface area contributed by atoms with Crippen molar-refractivity contribution in [3.05, 3.63) is 30.1 Å². The van der Waals surface area contributed by atoms with Crippen LogP contribution in [0.5, 0.6) is 0 Å². The Hall–Kier alpha value is -1.95. The van der Waals surface area contributed by atoms with Crippen LogP contribution in [0.3, 0.4) is 0 Å². The van der Waals surface area contributed by atoms with Gasteiger partial charge < -0.3 is 15.1 Å². The molecule has 0 spiro atoms. The molecular formula is C19H26FN3O2. The highest BCUT2D eigenvalue weighted by Crippen LogP contribution is 2.31. The molecule has 1 aromatic carbocycles. The molecule has 1 aromatic rings. The summed E-state index contributed by atoms with van der Waals surface area (Å²) in [7, 11) is 2.08. The van der Waals surface area contributed by atoms with Gasteiger partial charge in [0.15, 0.2) is 0 Å². The van der Waals surface area contributed by atoms with Crippen LogP contribution in [0.1, 0.15) is 25.7 Å². The third-order valence-electron chi connectivity index (χ3n) is 5.37. The summed E-state index contributed by atoms with van der Waals surface area (Å²) in [6, 6.07) is 5.80. The SMILES string of the molecule is CN1CCN(C(=O)C2CCC(C(=O)Nc3ccc(F)cc3)CC2)CC1. The standard InChI is InChI=1S/C19H26FN3O2/c1-22-10-12-23(13-11-22)19(25)15-4-2-14(3-5-15)18(24)21-17-8-6-16(20)7-9-17/h6-9,14-15H,2-5,10-13H2,1H3,(H,21,24). The van der Waals surface area contributed by atoms with Gasteiger partial charge in [-0.3, -0.25) is 9.59 Å². The lowest BCUT2D eigenvalue weighted by atomic mass is 9.80. The maximum absolute atomic E-state index is 12.9. The van der Waals surface area contributed by atoms with Crippen LogP contribution in [0.4, 0.5) is 10.1 Å². The average Bonchev–Trinajstić information content (AvgIpc) is 2.64. The fourth-order valence-corrected chi connectivity index (χ4v) is 3.67. The van der Waals surface area contributed by atoms with Crippen molar-refractivity contribution in [3.63, 3.8) is 0 Å². The van der Waals surface area contributed by atoms with E-state index in [4.69, 9.17) is 0 Å². The molecule has 1 N–H and O–H groups in total. The van der Waals surface area contributed by atoms with Gasteiger partial charge in [-0.15, -0.1) is 0 Å².